The summed E-state index contributed by atoms with van der Waals surface area (Å²) >= 11 is 0. The Labute approximate surface area is 194 Å². The molecular weight excluding hydrogens is 475 g/mol. The number of hydrogen-bond donors (Lipinski definition) is 2. The van der Waals surface area contributed by atoms with E-state index in [4.69, 9.17) is 0 Å². The monoisotopic (exact) mass is 514 g/mol. The number of aryl methyl sites for hydroxylation is 1. The van der Waals surface area contributed by atoms with Gasteiger partial charge in [-0.1, -0.05) is 13.0 Å². The molecule has 3 rings (SSSR count). The predicted molar refractivity (Wildman–Crippen MR) is 134 cm³/mol. The van der Waals surface area contributed by atoms with Gasteiger partial charge in [0.25, 0.3) is 0 Å². The van der Waals surface area contributed by atoms with Crippen LogP contribution in [0.2, 0.25) is 0 Å². The number of piperidine rings is 2. The summed E-state index contributed by atoms with van der Waals surface area (Å²) in [5, 5.41) is 7.17. The number of aliphatic imine (C=N–C) groups is 1. The number of halogens is 1. The van der Waals surface area contributed by atoms with Gasteiger partial charge in [0.05, 0.1) is 0 Å². The molecule has 0 bridgehead atoms. The van der Waals surface area contributed by atoms with Crippen molar-refractivity contribution >= 4 is 35.8 Å². The van der Waals surface area contributed by atoms with Crippen molar-refractivity contribution in [2.75, 3.05) is 51.2 Å². The van der Waals surface area contributed by atoms with Gasteiger partial charge in [0.15, 0.2) is 5.96 Å². The number of rotatable bonds is 6. The molecule has 2 aliphatic rings. The first-order valence-electron chi connectivity index (χ1n) is 11.1. The predicted octanol–water partition coefficient (Wildman–Crippen LogP) is 3.26. The third kappa shape index (κ3) is 7.59. The minimum Gasteiger partial charge on any atom is -0.356 e. The molecule has 7 heteroatoms. The van der Waals surface area contributed by atoms with Gasteiger partial charge in [0.2, 0.25) is 0 Å². The number of nitrogens with zero attached hydrogens (tertiary/aromatic N) is 4. The number of anilines is 1. The van der Waals surface area contributed by atoms with Crippen LogP contribution < -0.4 is 15.5 Å². The fourth-order valence-electron chi connectivity index (χ4n) is 4.33. The fourth-order valence-corrected chi connectivity index (χ4v) is 4.33. The van der Waals surface area contributed by atoms with Crippen molar-refractivity contribution in [1.82, 2.24) is 20.5 Å². The Balaban J connectivity index is 0.00000300. The molecule has 0 saturated carbocycles. The molecule has 0 radical (unpaired) electrons. The number of hydrogen-bond acceptors (Lipinski definition) is 4. The molecule has 164 valence electrons. The number of pyridine rings is 1. The molecule has 2 aliphatic heterocycles. The van der Waals surface area contributed by atoms with Gasteiger partial charge in [-0.25, -0.2) is 4.98 Å². The van der Waals surface area contributed by atoms with Crippen molar-refractivity contribution in [3.63, 3.8) is 0 Å². The lowest BCUT2D eigenvalue weighted by molar-refractivity contribution is 0.187. The summed E-state index contributed by atoms with van der Waals surface area (Å²) < 4.78 is 0. The van der Waals surface area contributed by atoms with Crippen molar-refractivity contribution in [1.29, 1.82) is 0 Å². The lowest BCUT2D eigenvalue weighted by atomic mass is 9.93. The highest BCUT2D eigenvalue weighted by atomic mass is 127. The van der Waals surface area contributed by atoms with Crippen molar-refractivity contribution in [3.8, 4) is 0 Å². The molecule has 1 aromatic heterocycles. The molecule has 29 heavy (non-hydrogen) atoms. The molecule has 1 aromatic rings. The average Bonchev–Trinajstić information content (AvgIpc) is 2.74. The molecule has 2 N–H and O–H groups in total. The van der Waals surface area contributed by atoms with Crippen LogP contribution in [-0.2, 0) is 0 Å². The van der Waals surface area contributed by atoms with Crippen molar-refractivity contribution in [3.05, 3.63) is 23.9 Å². The zero-order valence-corrected chi connectivity index (χ0v) is 20.7. The van der Waals surface area contributed by atoms with E-state index in [0.29, 0.717) is 6.04 Å². The van der Waals surface area contributed by atoms with E-state index in [-0.39, 0.29) is 24.0 Å². The summed E-state index contributed by atoms with van der Waals surface area (Å²) in [5.41, 5.74) is 1.09. The SMILES string of the molecule is CCN1CCC(CCNC(=NC)NC2CCN(c3cccc(C)n3)CC2)CC1.I. The Morgan fingerprint density at radius 2 is 1.86 bits per heavy atom. The van der Waals surface area contributed by atoms with Crippen molar-refractivity contribution in [2.24, 2.45) is 10.9 Å². The lowest BCUT2D eigenvalue weighted by Gasteiger charge is -2.34. The molecule has 6 nitrogen and oxygen atoms in total. The maximum Gasteiger partial charge on any atom is 0.191 e. The maximum atomic E-state index is 4.66. The molecule has 0 spiro atoms. The average molecular weight is 515 g/mol. The molecule has 3 heterocycles. The summed E-state index contributed by atoms with van der Waals surface area (Å²) in [5.74, 6) is 2.92. The Bertz CT molecular complexity index is 621. The van der Waals surface area contributed by atoms with E-state index in [9.17, 15) is 0 Å². The van der Waals surface area contributed by atoms with Crippen LogP contribution in [0.5, 0.6) is 0 Å². The van der Waals surface area contributed by atoms with E-state index in [2.05, 4.69) is 62.5 Å². The third-order valence-electron chi connectivity index (χ3n) is 6.26. The molecule has 0 atom stereocenters. The standard InChI is InChI=1S/C22H38N6.HI/c1-4-27-14-9-19(10-15-27)8-13-24-22(23-3)26-20-11-16-28(17-12-20)21-7-5-6-18(2)25-21;/h5-7,19-20H,4,8-17H2,1-3H3,(H2,23,24,26);1H. The van der Waals surface area contributed by atoms with Crippen LogP contribution in [0.15, 0.2) is 23.2 Å². The van der Waals surface area contributed by atoms with Gasteiger partial charge in [-0.2, -0.15) is 0 Å². The molecule has 2 fully saturated rings. The van der Waals surface area contributed by atoms with Gasteiger partial charge in [-0.3, -0.25) is 4.99 Å². The molecular formula is C22H39IN6. The molecule has 2 saturated heterocycles. The van der Waals surface area contributed by atoms with Crippen molar-refractivity contribution in [2.45, 2.75) is 52.0 Å². The van der Waals surface area contributed by atoms with Gasteiger partial charge in [0, 0.05) is 38.4 Å². The number of guanidine groups is 1. The molecule has 0 aliphatic carbocycles. The summed E-state index contributed by atoms with van der Waals surface area (Å²) in [6.07, 6.45) is 6.16. The smallest absolute Gasteiger partial charge is 0.191 e. The number of nitrogens with one attached hydrogen (secondary N) is 2. The van der Waals surface area contributed by atoms with E-state index in [0.717, 1.165) is 55.9 Å². The lowest BCUT2D eigenvalue weighted by Crippen LogP contribution is -2.49. The zero-order chi connectivity index (χ0) is 19.8. The Hall–Kier alpha value is -1.09. The van der Waals surface area contributed by atoms with Gasteiger partial charge in [-0.15, -0.1) is 24.0 Å². The maximum absolute atomic E-state index is 4.66. The van der Waals surface area contributed by atoms with Crippen LogP contribution in [0.4, 0.5) is 5.82 Å². The van der Waals surface area contributed by atoms with Gasteiger partial charge >= 0.3 is 0 Å². The van der Waals surface area contributed by atoms with E-state index in [1.807, 2.05) is 7.05 Å². The van der Waals surface area contributed by atoms with Gasteiger partial charge < -0.3 is 20.4 Å². The van der Waals surface area contributed by atoms with Crippen LogP contribution in [0.1, 0.15) is 44.7 Å². The second kappa shape index (κ2) is 12.6. The molecule has 0 amide bonds. The van der Waals surface area contributed by atoms with E-state index in [1.54, 1.807) is 0 Å². The highest BCUT2D eigenvalue weighted by Gasteiger charge is 2.21. The Kier molecular flexibility index (Phi) is 10.5. The normalized spacial score (nSPS) is 19.7. The second-order valence-corrected chi connectivity index (χ2v) is 8.21. The van der Waals surface area contributed by atoms with Crippen LogP contribution in [-0.4, -0.2) is 68.2 Å². The largest absolute Gasteiger partial charge is 0.356 e. The summed E-state index contributed by atoms with van der Waals surface area (Å²) in [6, 6.07) is 6.76. The van der Waals surface area contributed by atoms with Crippen LogP contribution >= 0.6 is 24.0 Å². The summed E-state index contributed by atoms with van der Waals surface area (Å²) in [6.45, 7) is 11.1. The number of likely N-dealkylation sites (tertiary alicyclic amines) is 1. The first-order valence-corrected chi connectivity index (χ1v) is 11.1. The topological polar surface area (TPSA) is 55.8 Å². The van der Waals surface area contributed by atoms with Crippen LogP contribution in [0, 0.1) is 12.8 Å². The van der Waals surface area contributed by atoms with E-state index >= 15 is 0 Å². The molecule has 0 unspecified atom stereocenters. The Morgan fingerprint density at radius 3 is 2.48 bits per heavy atom. The van der Waals surface area contributed by atoms with Crippen molar-refractivity contribution < 1.29 is 0 Å². The quantitative estimate of drug-likeness (QED) is 0.347. The first kappa shape index (κ1) is 24.2. The molecule has 0 aromatic carbocycles. The van der Waals surface area contributed by atoms with E-state index in [1.165, 1.54) is 38.9 Å². The Morgan fingerprint density at radius 1 is 1.14 bits per heavy atom. The van der Waals surface area contributed by atoms with E-state index < -0.39 is 0 Å². The minimum atomic E-state index is 0. The summed E-state index contributed by atoms with van der Waals surface area (Å²) in [7, 11) is 1.88. The zero-order valence-electron chi connectivity index (χ0n) is 18.4. The second-order valence-electron chi connectivity index (χ2n) is 8.21. The highest BCUT2D eigenvalue weighted by Crippen LogP contribution is 2.20. The third-order valence-corrected chi connectivity index (χ3v) is 6.26. The summed E-state index contributed by atoms with van der Waals surface area (Å²) in [4.78, 5) is 14.1. The van der Waals surface area contributed by atoms with Gasteiger partial charge in [-0.05, 0) is 76.7 Å². The van der Waals surface area contributed by atoms with Crippen LogP contribution in [0.3, 0.4) is 0 Å². The first-order chi connectivity index (χ1) is 13.7. The van der Waals surface area contributed by atoms with Crippen LogP contribution in [0.25, 0.3) is 0 Å². The highest BCUT2D eigenvalue weighted by molar-refractivity contribution is 14.0. The fraction of sp³-hybridized carbons (Fsp3) is 0.727. The van der Waals surface area contributed by atoms with Gasteiger partial charge in [0.1, 0.15) is 5.82 Å². The minimum absolute atomic E-state index is 0. The number of aromatic nitrogens is 1.